The van der Waals surface area contributed by atoms with Gasteiger partial charge in [0, 0.05) is 6.07 Å². The van der Waals surface area contributed by atoms with Crippen LogP contribution in [0.3, 0.4) is 0 Å². The Balaban J connectivity index is 3.12. The van der Waals surface area contributed by atoms with Crippen molar-refractivity contribution >= 4 is 17.6 Å². The Bertz CT molecular complexity index is 491. The molecule has 0 aliphatic heterocycles. The number of hydrogen-bond acceptors (Lipinski definition) is 3. The molecular weight excluding hydrogens is 246 g/mol. The molecule has 0 radical (unpaired) electrons. The maximum Gasteiger partial charge on any atom is 0.326 e. The highest BCUT2D eigenvalue weighted by Gasteiger charge is 2.19. The highest BCUT2D eigenvalue weighted by molar-refractivity contribution is 5.94. The fourth-order valence-electron chi connectivity index (χ4n) is 1.37. The third-order valence-corrected chi connectivity index (χ3v) is 2.36. The molecule has 7 heteroatoms. The van der Waals surface area contributed by atoms with Gasteiger partial charge in [-0.1, -0.05) is 6.92 Å². The molecule has 1 aromatic rings. The molecule has 1 unspecified atom stereocenters. The Labute approximate surface area is 102 Å². The van der Waals surface area contributed by atoms with Crippen LogP contribution in [-0.4, -0.2) is 23.0 Å². The van der Waals surface area contributed by atoms with Crippen molar-refractivity contribution < 1.29 is 23.5 Å². The molecule has 0 aliphatic carbocycles. The monoisotopic (exact) mass is 258 g/mol. The van der Waals surface area contributed by atoms with Gasteiger partial charge in [-0.2, -0.15) is 0 Å². The van der Waals surface area contributed by atoms with Gasteiger partial charge in [0.2, 0.25) is 0 Å². The number of amides is 1. The van der Waals surface area contributed by atoms with Crippen molar-refractivity contribution in [2.45, 2.75) is 19.4 Å². The van der Waals surface area contributed by atoms with Crippen molar-refractivity contribution in [2.24, 2.45) is 5.73 Å². The van der Waals surface area contributed by atoms with Crippen LogP contribution < -0.4 is 11.1 Å². The van der Waals surface area contributed by atoms with Crippen LogP contribution in [0.4, 0.5) is 14.5 Å². The first-order valence-electron chi connectivity index (χ1n) is 5.15. The van der Waals surface area contributed by atoms with Gasteiger partial charge in [0.15, 0.2) is 0 Å². The van der Waals surface area contributed by atoms with Gasteiger partial charge in [0.25, 0.3) is 5.91 Å². The first kappa shape index (κ1) is 13.9. The van der Waals surface area contributed by atoms with E-state index in [2.05, 4.69) is 5.32 Å². The molecule has 0 fully saturated rings. The third-order valence-electron chi connectivity index (χ3n) is 2.36. The Kier molecular flexibility index (Phi) is 4.19. The molecule has 5 nitrogen and oxygen atoms in total. The number of nitrogens with one attached hydrogen (secondary N) is 1. The number of anilines is 1. The maximum atomic E-state index is 13.4. The van der Waals surface area contributed by atoms with E-state index in [1.54, 1.807) is 6.92 Å². The van der Waals surface area contributed by atoms with Crippen LogP contribution in [0.25, 0.3) is 0 Å². The van der Waals surface area contributed by atoms with Crippen molar-refractivity contribution in [1.82, 2.24) is 0 Å². The Morgan fingerprint density at radius 3 is 2.44 bits per heavy atom. The van der Waals surface area contributed by atoms with Crippen LogP contribution in [-0.2, 0) is 4.79 Å². The predicted octanol–water partition coefficient (Wildman–Crippen LogP) is 1.34. The van der Waals surface area contributed by atoms with Crippen molar-refractivity contribution in [3.8, 4) is 0 Å². The quantitative estimate of drug-likeness (QED) is 0.743. The fourth-order valence-corrected chi connectivity index (χ4v) is 1.37. The smallest absolute Gasteiger partial charge is 0.326 e. The van der Waals surface area contributed by atoms with Crippen LogP contribution in [0.2, 0.25) is 0 Å². The number of benzene rings is 1. The molecule has 0 spiro atoms. The van der Waals surface area contributed by atoms with Gasteiger partial charge in [-0.05, 0) is 12.5 Å². The first-order chi connectivity index (χ1) is 8.36. The standard InChI is InChI=1S/C11H12F2N2O3/c1-2-8(11(17)18)15-9-3-5(10(14)16)6(12)4-7(9)13/h3-4,8,15H,2H2,1H3,(H2,14,16)(H,17,18). The zero-order valence-corrected chi connectivity index (χ0v) is 9.54. The molecule has 4 N–H and O–H groups in total. The van der Waals surface area contributed by atoms with Crippen molar-refractivity contribution in [3.63, 3.8) is 0 Å². The minimum atomic E-state index is -1.18. The van der Waals surface area contributed by atoms with Gasteiger partial charge >= 0.3 is 5.97 Å². The molecule has 0 saturated heterocycles. The molecule has 0 heterocycles. The average molecular weight is 258 g/mol. The number of carbonyl (C=O) groups is 2. The molecular formula is C11H12F2N2O3. The fraction of sp³-hybridized carbons (Fsp3) is 0.273. The number of rotatable bonds is 5. The number of primary amides is 1. The van der Waals surface area contributed by atoms with Crippen molar-refractivity contribution in [2.75, 3.05) is 5.32 Å². The van der Waals surface area contributed by atoms with Gasteiger partial charge in [0.05, 0.1) is 11.3 Å². The molecule has 0 saturated carbocycles. The highest BCUT2D eigenvalue weighted by atomic mass is 19.1. The summed E-state index contributed by atoms with van der Waals surface area (Å²) < 4.78 is 26.6. The van der Waals surface area contributed by atoms with Gasteiger partial charge < -0.3 is 16.2 Å². The second-order valence-electron chi connectivity index (χ2n) is 3.62. The molecule has 0 aromatic heterocycles. The summed E-state index contributed by atoms with van der Waals surface area (Å²) in [7, 11) is 0. The Morgan fingerprint density at radius 2 is 2.00 bits per heavy atom. The summed E-state index contributed by atoms with van der Waals surface area (Å²) in [5.74, 6) is -4.31. The Morgan fingerprint density at radius 1 is 1.39 bits per heavy atom. The van der Waals surface area contributed by atoms with Crippen LogP contribution in [0.1, 0.15) is 23.7 Å². The molecule has 1 atom stereocenters. The highest BCUT2D eigenvalue weighted by Crippen LogP contribution is 2.20. The normalized spacial score (nSPS) is 11.9. The zero-order chi connectivity index (χ0) is 13.9. The maximum absolute atomic E-state index is 13.4. The van der Waals surface area contributed by atoms with Crippen molar-refractivity contribution in [1.29, 1.82) is 0 Å². The van der Waals surface area contributed by atoms with E-state index in [1.807, 2.05) is 0 Å². The number of aliphatic carboxylic acids is 1. The second kappa shape index (κ2) is 5.44. The molecule has 1 aromatic carbocycles. The number of carboxylic acids is 1. The van der Waals surface area contributed by atoms with E-state index < -0.39 is 35.1 Å². The minimum Gasteiger partial charge on any atom is -0.480 e. The number of halogens is 2. The van der Waals surface area contributed by atoms with Crippen LogP contribution >= 0.6 is 0 Å². The average Bonchev–Trinajstić information content (AvgIpc) is 2.26. The lowest BCUT2D eigenvalue weighted by Gasteiger charge is -2.15. The van der Waals surface area contributed by atoms with Crippen LogP contribution in [0, 0.1) is 11.6 Å². The lowest BCUT2D eigenvalue weighted by Crippen LogP contribution is -2.29. The summed E-state index contributed by atoms with van der Waals surface area (Å²) in [4.78, 5) is 21.7. The van der Waals surface area contributed by atoms with Gasteiger partial charge in [-0.3, -0.25) is 4.79 Å². The predicted molar refractivity (Wildman–Crippen MR) is 60.2 cm³/mol. The molecule has 98 valence electrons. The summed E-state index contributed by atoms with van der Waals surface area (Å²) >= 11 is 0. The van der Waals surface area contributed by atoms with Crippen molar-refractivity contribution in [3.05, 3.63) is 29.3 Å². The third kappa shape index (κ3) is 2.93. The van der Waals surface area contributed by atoms with E-state index in [0.717, 1.165) is 6.07 Å². The molecule has 1 rings (SSSR count). The molecule has 18 heavy (non-hydrogen) atoms. The number of hydrogen-bond donors (Lipinski definition) is 3. The van der Waals surface area contributed by atoms with Gasteiger partial charge in [-0.25, -0.2) is 13.6 Å². The lowest BCUT2D eigenvalue weighted by molar-refractivity contribution is -0.137. The molecule has 1 amide bonds. The first-order valence-corrected chi connectivity index (χ1v) is 5.15. The number of carbonyl (C=O) groups excluding carboxylic acids is 1. The lowest BCUT2D eigenvalue weighted by atomic mass is 10.1. The molecule has 0 aliphatic rings. The summed E-state index contributed by atoms with van der Waals surface area (Å²) in [6, 6.07) is 0.306. The van der Waals surface area contributed by atoms with E-state index >= 15 is 0 Å². The second-order valence-corrected chi connectivity index (χ2v) is 3.62. The SMILES string of the molecule is CCC(Nc1cc(C(N)=O)c(F)cc1F)C(=O)O. The summed E-state index contributed by atoms with van der Waals surface area (Å²) in [6.07, 6.45) is 0.193. The Hall–Kier alpha value is -2.18. The van der Waals surface area contributed by atoms with E-state index in [9.17, 15) is 18.4 Å². The van der Waals surface area contributed by atoms with E-state index in [4.69, 9.17) is 10.8 Å². The van der Waals surface area contributed by atoms with Gasteiger partial charge in [-0.15, -0.1) is 0 Å². The summed E-state index contributed by atoms with van der Waals surface area (Å²) in [6.45, 7) is 1.59. The zero-order valence-electron chi connectivity index (χ0n) is 9.54. The van der Waals surface area contributed by atoms with E-state index in [0.29, 0.717) is 6.07 Å². The topological polar surface area (TPSA) is 92.4 Å². The largest absolute Gasteiger partial charge is 0.480 e. The van der Waals surface area contributed by atoms with E-state index in [1.165, 1.54) is 0 Å². The van der Waals surface area contributed by atoms with Gasteiger partial charge in [0.1, 0.15) is 17.7 Å². The molecule has 0 bridgehead atoms. The summed E-state index contributed by atoms with van der Waals surface area (Å²) in [5, 5.41) is 11.2. The summed E-state index contributed by atoms with van der Waals surface area (Å²) in [5.41, 5.74) is 4.13. The van der Waals surface area contributed by atoms with E-state index in [-0.39, 0.29) is 12.1 Å². The van der Waals surface area contributed by atoms with Crippen LogP contribution in [0.15, 0.2) is 12.1 Å². The number of nitrogens with two attached hydrogens (primary N) is 1. The van der Waals surface area contributed by atoms with Crippen LogP contribution in [0.5, 0.6) is 0 Å². The number of carboxylic acid groups (broad SMARTS) is 1. The minimum absolute atomic E-state index is 0.193.